The Kier molecular flexibility index (Phi) is 4.27. The van der Waals surface area contributed by atoms with Gasteiger partial charge >= 0.3 is 0 Å². The van der Waals surface area contributed by atoms with Crippen LogP contribution in [-0.4, -0.2) is 24.5 Å². The summed E-state index contributed by atoms with van der Waals surface area (Å²) in [5.74, 6) is -3.35. The third-order valence-electron chi connectivity index (χ3n) is 3.46. The number of piperidine rings is 1. The molecular weight excluding hydrogens is 239 g/mol. The van der Waals surface area contributed by atoms with Crippen LogP contribution in [0.1, 0.15) is 31.2 Å². The van der Waals surface area contributed by atoms with Gasteiger partial charge in [-0.25, -0.2) is 13.2 Å². The molecule has 0 bridgehead atoms. The second-order valence-electron chi connectivity index (χ2n) is 4.86. The minimum atomic E-state index is -2.87. The van der Waals surface area contributed by atoms with E-state index in [-0.39, 0.29) is 12.0 Å². The van der Waals surface area contributed by atoms with Crippen LogP contribution in [0.3, 0.4) is 0 Å². The zero-order chi connectivity index (χ0) is 13.0. The monoisotopic (exact) mass is 257 g/mol. The van der Waals surface area contributed by atoms with Gasteiger partial charge < -0.3 is 4.90 Å². The van der Waals surface area contributed by atoms with Crippen LogP contribution in [-0.2, 0) is 5.92 Å². The number of likely N-dealkylation sites (tertiary alicyclic amines) is 1. The third kappa shape index (κ3) is 3.48. The molecular formula is C14H18F3N. The van der Waals surface area contributed by atoms with E-state index >= 15 is 0 Å². The molecule has 0 aromatic heterocycles. The SMILES string of the molecule is Fc1ccc(C(F)(F)CCN2CCCCC2)cc1. The molecule has 1 aliphatic heterocycles. The van der Waals surface area contributed by atoms with Crippen LogP contribution in [0.15, 0.2) is 24.3 Å². The molecule has 18 heavy (non-hydrogen) atoms. The van der Waals surface area contributed by atoms with Crippen molar-refractivity contribution in [1.29, 1.82) is 0 Å². The number of rotatable bonds is 4. The Bertz CT molecular complexity index is 369. The van der Waals surface area contributed by atoms with Crippen LogP contribution >= 0.6 is 0 Å². The molecule has 4 heteroatoms. The Morgan fingerprint density at radius 1 is 1.00 bits per heavy atom. The highest BCUT2D eigenvalue weighted by molar-refractivity contribution is 5.20. The van der Waals surface area contributed by atoms with E-state index in [2.05, 4.69) is 4.90 Å². The molecule has 0 aliphatic carbocycles. The Morgan fingerprint density at radius 3 is 2.22 bits per heavy atom. The van der Waals surface area contributed by atoms with E-state index in [4.69, 9.17) is 0 Å². The lowest BCUT2D eigenvalue weighted by Gasteiger charge is -2.28. The van der Waals surface area contributed by atoms with Crippen molar-refractivity contribution in [3.8, 4) is 0 Å². The topological polar surface area (TPSA) is 3.24 Å². The minimum absolute atomic E-state index is 0.0964. The van der Waals surface area contributed by atoms with Crippen molar-refractivity contribution in [2.75, 3.05) is 19.6 Å². The van der Waals surface area contributed by atoms with E-state index in [1.807, 2.05) is 0 Å². The molecule has 0 radical (unpaired) electrons. The Hall–Kier alpha value is -1.03. The van der Waals surface area contributed by atoms with E-state index in [0.29, 0.717) is 6.54 Å². The summed E-state index contributed by atoms with van der Waals surface area (Å²) in [6.45, 7) is 2.24. The van der Waals surface area contributed by atoms with E-state index < -0.39 is 11.7 Å². The fourth-order valence-electron chi connectivity index (χ4n) is 2.32. The summed E-state index contributed by atoms with van der Waals surface area (Å²) in [6.07, 6.45) is 3.20. The molecule has 0 amide bonds. The maximum absolute atomic E-state index is 13.9. The van der Waals surface area contributed by atoms with Crippen LogP contribution < -0.4 is 0 Å². The van der Waals surface area contributed by atoms with Gasteiger partial charge in [0.15, 0.2) is 0 Å². The van der Waals surface area contributed by atoms with Crippen molar-refractivity contribution < 1.29 is 13.2 Å². The van der Waals surface area contributed by atoms with Crippen LogP contribution in [0, 0.1) is 5.82 Å². The standard InChI is InChI=1S/C14H18F3N/c15-13-6-4-12(5-7-13)14(16,17)8-11-18-9-2-1-3-10-18/h4-7H,1-3,8-11H2. The summed E-state index contributed by atoms with van der Waals surface area (Å²) in [7, 11) is 0. The fourth-order valence-corrected chi connectivity index (χ4v) is 2.32. The van der Waals surface area contributed by atoms with Gasteiger partial charge in [-0.15, -0.1) is 0 Å². The van der Waals surface area contributed by atoms with Gasteiger partial charge in [0, 0.05) is 18.5 Å². The van der Waals surface area contributed by atoms with Gasteiger partial charge in [-0.05, 0) is 38.1 Å². The molecule has 0 N–H and O–H groups in total. The molecule has 0 unspecified atom stereocenters. The van der Waals surface area contributed by atoms with E-state index in [9.17, 15) is 13.2 Å². The third-order valence-corrected chi connectivity index (χ3v) is 3.46. The maximum Gasteiger partial charge on any atom is 0.274 e. The summed E-state index contributed by atoms with van der Waals surface area (Å²) >= 11 is 0. The molecule has 1 aliphatic rings. The molecule has 1 aromatic carbocycles. The van der Waals surface area contributed by atoms with Crippen molar-refractivity contribution in [3.05, 3.63) is 35.6 Å². The lowest BCUT2D eigenvalue weighted by Crippen LogP contribution is -2.33. The Balaban J connectivity index is 1.91. The average Bonchev–Trinajstić information content (AvgIpc) is 2.38. The number of benzene rings is 1. The number of hydrogen-bond acceptors (Lipinski definition) is 1. The Morgan fingerprint density at radius 2 is 1.61 bits per heavy atom. The van der Waals surface area contributed by atoms with Gasteiger partial charge in [-0.3, -0.25) is 0 Å². The molecule has 0 saturated carbocycles. The molecule has 1 nitrogen and oxygen atoms in total. The lowest BCUT2D eigenvalue weighted by molar-refractivity contribution is -0.0231. The highest BCUT2D eigenvalue weighted by atomic mass is 19.3. The number of nitrogens with zero attached hydrogens (tertiary/aromatic N) is 1. The van der Waals surface area contributed by atoms with Crippen molar-refractivity contribution in [3.63, 3.8) is 0 Å². The maximum atomic E-state index is 13.9. The smallest absolute Gasteiger partial charge is 0.274 e. The summed E-state index contributed by atoms with van der Waals surface area (Å²) in [5, 5.41) is 0. The summed E-state index contributed by atoms with van der Waals surface area (Å²) in [4.78, 5) is 2.08. The normalized spacial score (nSPS) is 17.9. The predicted octanol–water partition coefficient (Wildman–Crippen LogP) is 3.79. The molecule has 0 atom stereocenters. The summed E-state index contributed by atoms with van der Waals surface area (Å²) in [5.41, 5.74) is -0.0964. The first-order valence-corrected chi connectivity index (χ1v) is 6.44. The second kappa shape index (κ2) is 5.74. The highest BCUT2D eigenvalue weighted by Gasteiger charge is 2.31. The van der Waals surface area contributed by atoms with Gasteiger partial charge in [-0.2, -0.15) is 0 Å². The van der Waals surface area contributed by atoms with Crippen molar-refractivity contribution in [2.45, 2.75) is 31.6 Å². The van der Waals surface area contributed by atoms with Crippen molar-refractivity contribution in [1.82, 2.24) is 4.90 Å². The van der Waals surface area contributed by atoms with Crippen LogP contribution in [0.4, 0.5) is 13.2 Å². The molecule has 1 heterocycles. The average molecular weight is 257 g/mol. The molecule has 1 aromatic rings. The van der Waals surface area contributed by atoms with E-state index in [0.717, 1.165) is 38.1 Å². The molecule has 0 spiro atoms. The number of alkyl halides is 2. The zero-order valence-corrected chi connectivity index (χ0v) is 10.3. The number of halogens is 3. The van der Waals surface area contributed by atoms with Crippen molar-refractivity contribution >= 4 is 0 Å². The largest absolute Gasteiger partial charge is 0.303 e. The first-order chi connectivity index (χ1) is 8.58. The first kappa shape index (κ1) is 13.4. The molecule has 1 saturated heterocycles. The minimum Gasteiger partial charge on any atom is -0.303 e. The summed E-state index contributed by atoms with van der Waals surface area (Å²) < 4.78 is 40.5. The van der Waals surface area contributed by atoms with Gasteiger partial charge in [0.2, 0.25) is 0 Å². The van der Waals surface area contributed by atoms with Gasteiger partial charge in [0.25, 0.3) is 5.92 Å². The lowest BCUT2D eigenvalue weighted by atomic mass is 10.0. The fraction of sp³-hybridized carbons (Fsp3) is 0.571. The zero-order valence-electron chi connectivity index (χ0n) is 10.3. The molecule has 100 valence electrons. The molecule has 2 rings (SSSR count). The van der Waals surface area contributed by atoms with Gasteiger partial charge in [0.05, 0.1) is 0 Å². The highest BCUT2D eigenvalue weighted by Crippen LogP contribution is 2.32. The predicted molar refractivity (Wildman–Crippen MR) is 65.2 cm³/mol. The van der Waals surface area contributed by atoms with Crippen LogP contribution in [0.25, 0.3) is 0 Å². The van der Waals surface area contributed by atoms with Gasteiger partial charge in [-0.1, -0.05) is 18.6 Å². The first-order valence-electron chi connectivity index (χ1n) is 6.44. The number of hydrogen-bond donors (Lipinski definition) is 0. The van der Waals surface area contributed by atoms with E-state index in [1.54, 1.807) is 0 Å². The van der Waals surface area contributed by atoms with E-state index in [1.165, 1.54) is 18.6 Å². The second-order valence-corrected chi connectivity index (χ2v) is 4.86. The summed E-state index contributed by atoms with van der Waals surface area (Å²) in [6, 6.07) is 4.52. The molecule has 1 fully saturated rings. The quantitative estimate of drug-likeness (QED) is 0.793. The van der Waals surface area contributed by atoms with Crippen molar-refractivity contribution in [2.24, 2.45) is 0 Å². The van der Waals surface area contributed by atoms with Gasteiger partial charge in [0.1, 0.15) is 5.82 Å². The van der Waals surface area contributed by atoms with Crippen LogP contribution in [0.5, 0.6) is 0 Å². The Labute approximate surface area is 106 Å². The van der Waals surface area contributed by atoms with Crippen LogP contribution in [0.2, 0.25) is 0 Å².